The first-order valence-corrected chi connectivity index (χ1v) is 4.73. The molecule has 1 unspecified atom stereocenters. The van der Waals surface area contributed by atoms with E-state index in [0.29, 0.717) is 0 Å². The second kappa shape index (κ2) is 3.11. The van der Waals surface area contributed by atoms with Gasteiger partial charge in [0.05, 0.1) is 0 Å². The van der Waals surface area contributed by atoms with E-state index in [1.54, 1.807) is 6.07 Å². The van der Waals surface area contributed by atoms with Crippen LogP contribution in [0.25, 0.3) is 0 Å². The number of fused-ring (bicyclic) bond motifs is 1. The number of aryl methyl sites for hydroxylation is 1. The van der Waals surface area contributed by atoms with Crippen molar-refractivity contribution in [2.75, 3.05) is 0 Å². The van der Waals surface area contributed by atoms with Gasteiger partial charge in [-0.1, -0.05) is 6.07 Å². The number of nitrogens with two attached hydrogens (primary N) is 1. The van der Waals surface area contributed by atoms with E-state index in [4.69, 9.17) is 5.73 Å². The first-order chi connectivity index (χ1) is 6.20. The summed E-state index contributed by atoms with van der Waals surface area (Å²) in [6.07, 6.45) is 2.84. The fourth-order valence-corrected chi connectivity index (χ4v) is 2.17. The maximum atomic E-state index is 13.4. The summed E-state index contributed by atoms with van der Waals surface area (Å²) in [5.41, 5.74) is 8.97. The summed E-state index contributed by atoms with van der Waals surface area (Å²) in [7, 11) is 0. The minimum Gasteiger partial charge on any atom is -0.324 e. The summed E-state index contributed by atoms with van der Waals surface area (Å²) < 4.78 is 13.4. The van der Waals surface area contributed by atoms with Gasteiger partial charge in [-0.25, -0.2) is 4.39 Å². The van der Waals surface area contributed by atoms with Crippen LogP contribution in [0.3, 0.4) is 0 Å². The molecule has 1 aliphatic rings. The summed E-state index contributed by atoms with van der Waals surface area (Å²) in [4.78, 5) is 0. The lowest BCUT2D eigenvalue weighted by Crippen LogP contribution is -2.19. The molecule has 13 heavy (non-hydrogen) atoms. The van der Waals surface area contributed by atoms with Crippen LogP contribution in [-0.2, 0) is 6.42 Å². The van der Waals surface area contributed by atoms with Crippen molar-refractivity contribution < 1.29 is 4.39 Å². The highest BCUT2D eigenvalue weighted by atomic mass is 19.1. The van der Waals surface area contributed by atoms with Crippen LogP contribution in [0.2, 0.25) is 0 Å². The van der Waals surface area contributed by atoms with Gasteiger partial charge in [0.2, 0.25) is 0 Å². The second-order valence-corrected chi connectivity index (χ2v) is 3.76. The molecule has 1 atom stereocenters. The Balaban J connectivity index is 2.60. The first-order valence-electron chi connectivity index (χ1n) is 4.73. The minimum atomic E-state index is -0.0873. The summed E-state index contributed by atoms with van der Waals surface area (Å²) in [5.74, 6) is -0.0873. The van der Waals surface area contributed by atoms with E-state index in [-0.39, 0.29) is 11.9 Å². The van der Waals surface area contributed by atoms with Gasteiger partial charge >= 0.3 is 0 Å². The van der Waals surface area contributed by atoms with Crippen LogP contribution in [0.4, 0.5) is 4.39 Å². The van der Waals surface area contributed by atoms with Gasteiger partial charge in [0.15, 0.2) is 0 Å². The molecule has 0 amide bonds. The van der Waals surface area contributed by atoms with E-state index in [9.17, 15) is 4.39 Å². The summed E-state index contributed by atoms with van der Waals surface area (Å²) in [5, 5.41) is 0. The lowest BCUT2D eigenvalue weighted by Gasteiger charge is -2.24. The molecule has 0 aliphatic heterocycles. The highest BCUT2D eigenvalue weighted by Crippen LogP contribution is 2.31. The van der Waals surface area contributed by atoms with E-state index in [0.717, 1.165) is 36.0 Å². The van der Waals surface area contributed by atoms with Crippen molar-refractivity contribution in [1.29, 1.82) is 0 Å². The molecule has 2 rings (SSSR count). The Bertz CT molecular complexity index is 333. The second-order valence-electron chi connectivity index (χ2n) is 3.76. The molecule has 0 radical (unpaired) electrons. The number of halogens is 1. The molecule has 0 saturated carbocycles. The van der Waals surface area contributed by atoms with Crippen molar-refractivity contribution in [2.24, 2.45) is 5.73 Å². The zero-order valence-electron chi connectivity index (χ0n) is 7.81. The zero-order chi connectivity index (χ0) is 9.42. The number of hydrogen-bond acceptors (Lipinski definition) is 1. The molecule has 2 N–H and O–H groups in total. The Morgan fingerprint density at radius 2 is 2.23 bits per heavy atom. The molecular formula is C11H14FN. The molecule has 1 aromatic carbocycles. The van der Waals surface area contributed by atoms with Crippen molar-refractivity contribution in [3.8, 4) is 0 Å². The molecule has 1 nitrogen and oxygen atoms in total. The van der Waals surface area contributed by atoms with Gasteiger partial charge in [-0.2, -0.15) is 0 Å². The standard InChI is InChI=1S/C11H14FN/c1-7-5-6-9(12)8-3-2-4-10(13)11(7)8/h5-6,10H,2-4,13H2,1H3. The SMILES string of the molecule is Cc1ccc(F)c2c1C(N)CCC2. The third-order valence-corrected chi connectivity index (χ3v) is 2.83. The molecule has 2 heteroatoms. The third kappa shape index (κ3) is 1.35. The van der Waals surface area contributed by atoms with Crippen molar-refractivity contribution >= 4 is 0 Å². The molecule has 0 bridgehead atoms. The summed E-state index contributed by atoms with van der Waals surface area (Å²) in [6, 6.07) is 3.41. The van der Waals surface area contributed by atoms with Gasteiger partial charge < -0.3 is 5.73 Å². The van der Waals surface area contributed by atoms with Crippen LogP contribution in [0.1, 0.15) is 35.6 Å². The van der Waals surface area contributed by atoms with Crippen molar-refractivity contribution in [2.45, 2.75) is 32.2 Å². The number of benzene rings is 1. The van der Waals surface area contributed by atoms with Crippen LogP contribution in [0.15, 0.2) is 12.1 Å². The van der Waals surface area contributed by atoms with Gasteiger partial charge in [-0.15, -0.1) is 0 Å². The lowest BCUT2D eigenvalue weighted by atomic mass is 9.85. The van der Waals surface area contributed by atoms with Gasteiger partial charge in [0, 0.05) is 6.04 Å². The largest absolute Gasteiger partial charge is 0.324 e. The van der Waals surface area contributed by atoms with E-state index < -0.39 is 0 Å². The van der Waals surface area contributed by atoms with Gasteiger partial charge in [0.25, 0.3) is 0 Å². The Hall–Kier alpha value is -0.890. The lowest BCUT2D eigenvalue weighted by molar-refractivity contribution is 0.529. The average molecular weight is 179 g/mol. The molecule has 0 aromatic heterocycles. The first kappa shape index (κ1) is 8.70. The van der Waals surface area contributed by atoms with Crippen LogP contribution in [0, 0.1) is 12.7 Å². The normalized spacial score (nSPS) is 21.3. The topological polar surface area (TPSA) is 26.0 Å². The summed E-state index contributed by atoms with van der Waals surface area (Å²) in [6.45, 7) is 2.00. The van der Waals surface area contributed by atoms with Crippen LogP contribution in [0.5, 0.6) is 0 Å². The highest BCUT2D eigenvalue weighted by Gasteiger charge is 2.21. The molecule has 1 aliphatic carbocycles. The minimum absolute atomic E-state index is 0.0412. The molecule has 70 valence electrons. The van der Waals surface area contributed by atoms with Crippen LogP contribution < -0.4 is 5.73 Å². The van der Waals surface area contributed by atoms with E-state index in [1.165, 1.54) is 0 Å². The van der Waals surface area contributed by atoms with Gasteiger partial charge in [-0.3, -0.25) is 0 Å². The number of hydrogen-bond donors (Lipinski definition) is 1. The van der Waals surface area contributed by atoms with Crippen LogP contribution in [-0.4, -0.2) is 0 Å². The zero-order valence-corrected chi connectivity index (χ0v) is 7.81. The quantitative estimate of drug-likeness (QED) is 0.650. The fourth-order valence-electron chi connectivity index (χ4n) is 2.17. The van der Waals surface area contributed by atoms with Gasteiger partial charge in [-0.05, 0) is 48.9 Å². The predicted octanol–water partition coefficient (Wildman–Crippen LogP) is 2.47. The smallest absolute Gasteiger partial charge is 0.126 e. The Morgan fingerprint density at radius 3 is 2.92 bits per heavy atom. The highest BCUT2D eigenvalue weighted by molar-refractivity contribution is 5.39. The Morgan fingerprint density at radius 1 is 1.46 bits per heavy atom. The fraction of sp³-hybridized carbons (Fsp3) is 0.455. The maximum absolute atomic E-state index is 13.4. The third-order valence-electron chi connectivity index (χ3n) is 2.83. The number of rotatable bonds is 0. The van der Waals surface area contributed by atoms with Crippen LogP contribution >= 0.6 is 0 Å². The van der Waals surface area contributed by atoms with Crippen molar-refractivity contribution in [3.05, 3.63) is 34.6 Å². The molecule has 0 heterocycles. The molecule has 0 fully saturated rings. The van der Waals surface area contributed by atoms with E-state index in [2.05, 4.69) is 0 Å². The average Bonchev–Trinajstić information content (AvgIpc) is 2.12. The molecule has 0 saturated heterocycles. The van der Waals surface area contributed by atoms with Crippen molar-refractivity contribution in [3.63, 3.8) is 0 Å². The summed E-state index contributed by atoms with van der Waals surface area (Å²) >= 11 is 0. The Kier molecular flexibility index (Phi) is 2.08. The Labute approximate surface area is 77.8 Å². The van der Waals surface area contributed by atoms with E-state index >= 15 is 0 Å². The maximum Gasteiger partial charge on any atom is 0.126 e. The molecular weight excluding hydrogens is 165 g/mol. The predicted molar refractivity (Wildman–Crippen MR) is 51.0 cm³/mol. The van der Waals surface area contributed by atoms with E-state index in [1.807, 2.05) is 13.0 Å². The van der Waals surface area contributed by atoms with Crippen molar-refractivity contribution in [1.82, 2.24) is 0 Å². The van der Waals surface area contributed by atoms with Gasteiger partial charge in [0.1, 0.15) is 5.82 Å². The monoisotopic (exact) mass is 179 g/mol. The molecule has 0 spiro atoms. The molecule has 1 aromatic rings.